The number of fused-ring (bicyclic) bond motifs is 2. The highest BCUT2D eigenvalue weighted by Gasteiger charge is 2.19. The van der Waals surface area contributed by atoms with E-state index in [9.17, 15) is 8.42 Å². The van der Waals surface area contributed by atoms with Crippen molar-refractivity contribution >= 4 is 32.4 Å². The lowest BCUT2D eigenvalue weighted by Gasteiger charge is -2.12. The first-order chi connectivity index (χ1) is 18.2. The topological polar surface area (TPSA) is 132 Å². The molecule has 0 spiro atoms. The van der Waals surface area contributed by atoms with Gasteiger partial charge in [0.25, 0.3) is 0 Å². The van der Waals surface area contributed by atoms with Crippen LogP contribution in [0.15, 0.2) is 55.1 Å². The predicted molar refractivity (Wildman–Crippen MR) is 146 cm³/mol. The Labute approximate surface area is 220 Å². The Balaban J connectivity index is 1.62. The number of nitrogens with zero attached hydrogens (tertiary/aromatic N) is 7. The van der Waals surface area contributed by atoms with E-state index in [-0.39, 0.29) is 6.54 Å². The lowest BCUT2D eigenvalue weighted by molar-refractivity contribution is 0.411. The third kappa shape index (κ3) is 5.30. The van der Waals surface area contributed by atoms with Crippen LogP contribution >= 0.6 is 0 Å². The van der Waals surface area contributed by atoms with Gasteiger partial charge >= 0.3 is 0 Å². The van der Waals surface area contributed by atoms with Crippen LogP contribution in [0.25, 0.3) is 33.5 Å². The maximum absolute atomic E-state index is 11.6. The Morgan fingerprint density at radius 2 is 1.97 bits per heavy atom. The Hall–Kier alpha value is -4.07. The average Bonchev–Trinajstić information content (AvgIpc) is 3.48. The van der Waals surface area contributed by atoms with Gasteiger partial charge in [-0.3, -0.25) is 4.98 Å². The van der Waals surface area contributed by atoms with Gasteiger partial charge in [-0.15, -0.1) is 5.10 Å². The zero-order valence-electron chi connectivity index (χ0n) is 21.6. The highest BCUT2D eigenvalue weighted by Crippen LogP contribution is 2.33. The fourth-order valence-corrected chi connectivity index (χ4v) is 4.53. The van der Waals surface area contributed by atoms with Gasteiger partial charge in [0.1, 0.15) is 11.4 Å². The predicted octanol–water partition coefficient (Wildman–Crippen LogP) is 2.16. The third-order valence-corrected chi connectivity index (χ3v) is 6.65. The van der Waals surface area contributed by atoms with Crippen molar-refractivity contribution in [3.05, 3.63) is 60.7 Å². The molecule has 0 unspecified atom stereocenters. The number of rotatable bonds is 10. The molecule has 0 amide bonds. The summed E-state index contributed by atoms with van der Waals surface area (Å²) in [6.07, 6.45) is 8.24. The van der Waals surface area contributed by atoms with Crippen LogP contribution in [0.4, 0.5) is 5.82 Å². The SMILES string of the molecule is COc1cc(CNS(C)(=O)=O)ccc1-n1nc(NCCN(C)C)c2cnc(-c3cnn4cccnc34)cc21. The zero-order chi connectivity index (χ0) is 26.9. The molecule has 0 aliphatic rings. The van der Waals surface area contributed by atoms with E-state index in [2.05, 4.69) is 25.0 Å². The number of methoxy groups -OCH3 is 1. The number of aromatic nitrogens is 6. The summed E-state index contributed by atoms with van der Waals surface area (Å²) < 4.78 is 34.8. The van der Waals surface area contributed by atoms with Crippen molar-refractivity contribution in [3.63, 3.8) is 0 Å². The number of hydrogen-bond acceptors (Lipinski definition) is 9. The van der Waals surface area contributed by atoms with Gasteiger partial charge in [0.05, 0.1) is 41.7 Å². The maximum Gasteiger partial charge on any atom is 0.209 e. The second kappa shape index (κ2) is 10.4. The standard InChI is InChI=1S/C25H29N9O3S/c1-32(2)11-9-26-24-19-15-28-20(18-16-29-33-10-5-8-27-25(18)33)13-22(19)34(31-24)21-7-6-17(12-23(21)37-3)14-30-38(4,35)36/h5-8,10,12-13,15-16,30H,9,11,14H2,1-4H3,(H,26,31). The number of pyridine rings is 1. The van der Waals surface area contributed by atoms with Gasteiger partial charge < -0.3 is 15.0 Å². The summed E-state index contributed by atoms with van der Waals surface area (Å²) in [4.78, 5) is 11.3. The lowest BCUT2D eigenvalue weighted by Crippen LogP contribution is -2.21. The minimum Gasteiger partial charge on any atom is -0.494 e. The van der Waals surface area contributed by atoms with Crippen molar-refractivity contribution in [1.82, 2.24) is 39.0 Å². The van der Waals surface area contributed by atoms with Crippen molar-refractivity contribution in [3.8, 4) is 22.7 Å². The molecule has 13 heteroatoms. The number of sulfonamides is 1. The van der Waals surface area contributed by atoms with Crippen LogP contribution in [0.5, 0.6) is 5.75 Å². The minimum atomic E-state index is -3.33. The van der Waals surface area contributed by atoms with E-state index >= 15 is 0 Å². The van der Waals surface area contributed by atoms with Gasteiger partial charge in [-0.2, -0.15) is 5.10 Å². The minimum absolute atomic E-state index is 0.155. The second-order valence-electron chi connectivity index (χ2n) is 9.12. The van der Waals surface area contributed by atoms with E-state index in [1.807, 2.05) is 49.2 Å². The largest absolute Gasteiger partial charge is 0.494 e. The molecular weight excluding hydrogens is 506 g/mol. The maximum atomic E-state index is 11.6. The summed E-state index contributed by atoms with van der Waals surface area (Å²) in [6.45, 7) is 1.69. The van der Waals surface area contributed by atoms with Crippen LogP contribution in [0.1, 0.15) is 5.56 Å². The molecule has 0 atom stereocenters. The van der Waals surface area contributed by atoms with E-state index in [1.54, 1.807) is 36.3 Å². The van der Waals surface area contributed by atoms with Crippen LogP contribution in [0.3, 0.4) is 0 Å². The molecule has 4 heterocycles. The van der Waals surface area contributed by atoms with Gasteiger partial charge in [-0.05, 0) is 43.9 Å². The van der Waals surface area contributed by atoms with Crippen LogP contribution in [-0.4, -0.2) is 83.2 Å². The summed E-state index contributed by atoms with van der Waals surface area (Å²) in [5, 5.41) is 13.5. The van der Waals surface area contributed by atoms with Crippen molar-refractivity contribution in [2.24, 2.45) is 0 Å². The third-order valence-electron chi connectivity index (χ3n) is 5.98. The highest BCUT2D eigenvalue weighted by molar-refractivity contribution is 7.88. The molecule has 0 fully saturated rings. The second-order valence-corrected chi connectivity index (χ2v) is 11.0. The molecule has 1 aromatic carbocycles. The molecule has 2 N–H and O–H groups in total. The quantitative estimate of drug-likeness (QED) is 0.276. The normalized spacial score (nSPS) is 12.0. The van der Waals surface area contributed by atoms with Gasteiger partial charge in [-0.1, -0.05) is 6.07 Å². The van der Waals surface area contributed by atoms with E-state index in [0.29, 0.717) is 35.1 Å². The molecule has 38 heavy (non-hydrogen) atoms. The van der Waals surface area contributed by atoms with Crippen molar-refractivity contribution in [2.75, 3.05) is 45.9 Å². The summed E-state index contributed by atoms with van der Waals surface area (Å²) >= 11 is 0. The molecule has 0 aliphatic heterocycles. The molecule has 12 nitrogen and oxygen atoms in total. The van der Waals surface area contributed by atoms with Crippen LogP contribution in [0.2, 0.25) is 0 Å². The van der Waals surface area contributed by atoms with E-state index < -0.39 is 10.0 Å². The first-order valence-electron chi connectivity index (χ1n) is 11.9. The summed E-state index contributed by atoms with van der Waals surface area (Å²) in [6, 6.07) is 9.30. The average molecular weight is 536 g/mol. The molecular formula is C25H29N9O3S. The van der Waals surface area contributed by atoms with Crippen molar-refractivity contribution < 1.29 is 13.2 Å². The number of hydrogen-bond donors (Lipinski definition) is 2. The Bertz CT molecular complexity index is 1710. The Kier molecular flexibility index (Phi) is 6.97. The molecule has 5 aromatic rings. The molecule has 198 valence electrons. The summed E-state index contributed by atoms with van der Waals surface area (Å²) in [5.74, 6) is 1.25. The smallest absolute Gasteiger partial charge is 0.209 e. The molecule has 0 saturated heterocycles. The van der Waals surface area contributed by atoms with E-state index in [0.717, 1.165) is 34.8 Å². The number of likely N-dealkylation sites (N-methyl/N-ethyl adjacent to an activating group) is 1. The Morgan fingerprint density at radius 3 is 2.74 bits per heavy atom. The fraction of sp³-hybridized carbons (Fsp3) is 0.280. The van der Waals surface area contributed by atoms with Gasteiger partial charge in [0.2, 0.25) is 10.0 Å². The van der Waals surface area contributed by atoms with E-state index in [4.69, 9.17) is 14.8 Å². The van der Waals surface area contributed by atoms with Crippen LogP contribution in [0, 0.1) is 0 Å². The molecule has 0 bridgehead atoms. The van der Waals surface area contributed by atoms with Gasteiger partial charge in [0, 0.05) is 38.2 Å². The van der Waals surface area contributed by atoms with Crippen LogP contribution < -0.4 is 14.8 Å². The first kappa shape index (κ1) is 25.6. The summed E-state index contributed by atoms with van der Waals surface area (Å²) in [7, 11) is 2.28. The monoisotopic (exact) mass is 535 g/mol. The van der Waals surface area contributed by atoms with Gasteiger partial charge in [0.15, 0.2) is 11.5 Å². The lowest BCUT2D eigenvalue weighted by atomic mass is 10.1. The molecule has 4 aromatic heterocycles. The van der Waals surface area contributed by atoms with Crippen LogP contribution in [-0.2, 0) is 16.6 Å². The molecule has 5 rings (SSSR count). The van der Waals surface area contributed by atoms with Crippen molar-refractivity contribution in [1.29, 1.82) is 0 Å². The highest BCUT2D eigenvalue weighted by atomic mass is 32.2. The zero-order valence-corrected chi connectivity index (χ0v) is 22.4. The van der Waals surface area contributed by atoms with Crippen molar-refractivity contribution in [2.45, 2.75) is 6.54 Å². The molecule has 0 radical (unpaired) electrons. The Morgan fingerprint density at radius 1 is 1.13 bits per heavy atom. The fourth-order valence-electron chi connectivity index (χ4n) is 4.10. The van der Waals surface area contributed by atoms with E-state index in [1.165, 1.54) is 0 Å². The number of anilines is 1. The molecule has 0 saturated carbocycles. The molecule has 0 aliphatic carbocycles. The first-order valence-corrected chi connectivity index (χ1v) is 13.8. The summed E-state index contributed by atoms with van der Waals surface area (Å²) in [5.41, 5.74) is 4.50. The number of ether oxygens (including phenoxy) is 1. The number of benzene rings is 1. The number of nitrogens with one attached hydrogen (secondary N) is 2. The van der Waals surface area contributed by atoms with Gasteiger partial charge in [-0.25, -0.2) is 27.3 Å².